The van der Waals surface area contributed by atoms with Crippen molar-refractivity contribution >= 4 is 33.2 Å². The Balaban J connectivity index is 2.02. The molecule has 0 bridgehead atoms. The average Bonchev–Trinajstić information content (AvgIpc) is 2.53. The van der Waals surface area contributed by atoms with Crippen molar-refractivity contribution in [3.8, 4) is 5.75 Å². The Kier molecular flexibility index (Phi) is 5.69. The van der Waals surface area contributed by atoms with Crippen molar-refractivity contribution in [3.05, 3.63) is 58.6 Å². The van der Waals surface area contributed by atoms with Crippen LogP contribution >= 0.6 is 11.6 Å². The van der Waals surface area contributed by atoms with Crippen LogP contribution in [-0.2, 0) is 16.6 Å². The normalized spacial score (nSPS) is 11.0. The molecule has 0 fully saturated rings. The molecule has 0 radical (unpaired) electrons. The SMILES string of the molecule is COc1ccc(CNC(=O)c2ccc(NS(C)(=O)=O)c(Cl)c2)cc1. The molecule has 2 aromatic rings. The summed E-state index contributed by atoms with van der Waals surface area (Å²) < 4.78 is 29.8. The van der Waals surface area contributed by atoms with Gasteiger partial charge in [-0.2, -0.15) is 0 Å². The minimum absolute atomic E-state index is 0.150. The summed E-state index contributed by atoms with van der Waals surface area (Å²) in [5.74, 6) is 0.435. The molecule has 0 aromatic heterocycles. The summed E-state index contributed by atoms with van der Waals surface area (Å²) in [5.41, 5.74) is 1.49. The number of nitrogens with one attached hydrogen (secondary N) is 2. The Hall–Kier alpha value is -2.25. The Bertz CT molecular complexity index is 836. The third-order valence-corrected chi connectivity index (χ3v) is 4.04. The first-order valence-electron chi connectivity index (χ1n) is 6.97. The number of halogens is 1. The molecule has 2 aromatic carbocycles. The standard InChI is InChI=1S/C16H17ClN2O4S/c1-23-13-6-3-11(4-7-13)10-18-16(20)12-5-8-15(14(17)9-12)19-24(2,21)22/h3-9,19H,10H2,1-2H3,(H,18,20). The summed E-state index contributed by atoms with van der Waals surface area (Å²) >= 11 is 6.01. The fourth-order valence-electron chi connectivity index (χ4n) is 1.97. The van der Waals surface area contributed by atoms with Gasteiger partial charge in [0, 0.05) is 12.1 Å². The maximum absolute atomic E-state index is 12.2. The molecule has 0 heterocycles. The largest absolute Gasteiger partial charge is 0.497 e. The van der Waals surface area contributed by atoms with Crippen LogP contribution in [0.3, 0.4) is 0 Å². The number of anilines is 1. The maximum Gasteiger partial charge on any atom is 0.251 e. The molecule has 24 heavy (non-hydrogen) atoms. The summed E-state index contributed by atoms with van der Waals surface area (Å²) in [6, 6.07) is 11.7. The van der Waals surface area contributed by atoms with Gasteiger partial charge in [-0.25, -0.2) is 8.42 Å². The third-order valence-electron chi connectivity index (χ3n) is 3.14. The predicted molar refractivity (Wildman–Crippen MR) is 94.1 cm³/mol. The zero-order valence-corrected chi connectivity index (χ0v) is 14.7. The van der Waals surface area contributed by atoms with Crippen LogP contribution < -0.4 is 14.8 Å². The Morgan fingerprint density at radius 3 is 2.38 bits per heavy atom. The van der Waals surface area contributed by atoms with E-state index >= 15 is 0 Å². The molecule has 128 valence electrons. The van der Waals surface area contributed by atoms with Crippen LogP contribution in [0.15, 0.2) is 42.5 Å². The number of ether oxygens (including phenoxy) is 1. The summed E-state index contributed by atoms with van der Waals surface area (Å²) in [7, 11) is -1.84. The van der Waals surface area contributed by atoms with E-state index in [1.807, 2.05) is 24.3 Å². The molecule has 0 spiro atoms. The van der Waals surface area contributed by atoms with E-state index < -0.39 is 10.0 Å². The Morgan fingerprint density at radius 2 is 1.83 bits per heavy atom. The van der Waals surface area contributed by atoms with Crippen molar-refractivity contribution in [2.75, 3.05) is 18.1 Å². The van der Waals surface area contributed by atoms with E-state index in [0.29, 0.717) is 12.1 Å². The molecule has 0 aliphatic carbocycles. The van der Waals surface area contributed by atoms with Crippen molar-refractivity contribution in [1.82, 2.24) is 5.32 Å². The van der Waals surface area contributed by atoms with Crippen molar-refractivity contribution in [2.24, 2.45) is 0 Å². The summed E-state index contributed by atoms with van der Waals surface area (Å²) in [4.78, 5) is 12.2. The molecule has 8 heteroatoms. The van der Waals surface area contributed by atoms with Gasteiger partial charge in [0.2, 0.25) is 10.0 Å². The second kappa shape index (κ2) is 7.55. The predicted octanol–water partition coefficient (Wildman–Crippen LogP) is 2.65. The number of rotatable bonds is 6. The van der Waals surface area contributed by atoms with Crippen LogP contribution in [0.2, 0.25) is 5.02 Å². The number of amides is 1. The fraction of sp³-hybridized carbons (Fsp3) is 0.188. The summed E-state index contributed by atoms with van der Waals surface area (Å²) in [6.45, 7) is 0.351. The van der Waals surface area contributed by atoms with Crippen LogP contribution in [0, 0.1) is 0 Å². The average molecular weight is 369 g/mol. The third kappa shape index (κ3) is 5.14. The molecule has 0 saturated heterocycles. The quantitative estimate of drug-likeness (QED) is 0.820. The molecular formula is C16H17ClN2O4S. The molecule has 2 rings (SSSR count). The molecule has 0 saturated carbocycles. The van der Waals surface area contributed by atoms with E-state index in [9.17, 15) is 13.2 Å². The van der Waals surface area contributed by atoms with Crippen LogP contribution in [0.1, 0.15) is 15.9 Å². The second-order valence-corrected chi connectivity index (χ2v) is 7.26. The number of hydrogen-bond acceptors (Lipinski definition) is 4. The van der Waals surface area contributed by atoms with E-state index in [2.05, 4.69) is 10.0 Å². The van der Waals surface area contributed by atoms with Gasteiger partial charge in [0.15, 0.2) is 0 Å². The van der Waals surface area contributed by atoms with E-state index in [0.717, 1.165) is 17.6 Å². The Labute approximate surface area is 145 Å². The highest BCUT2D eigenvalue weighted by Crippen LogP contribution is 2.24. The summed E-state index contributed by atoms with van der Waals surface area (Å²) in [5, 5.41) is 2.92. The number of benzene rings is 2. The smallest absolute Gasteiger partial charge is 0.251 e. The number of sulfonamides is 1. The molecular weight excluding hydrogens is 352 g/mol. The monoisotopic (exact) mass is 368 g/mol. The van der Waals surface area contributed by atoms with E-state index in [1.54, 1.807) is 7.11 Å². The van der Waals surface area contributed by atoms with E-state index in [1.165, 1.54) is 18.2 Å². The van der Waals surface area contributed by atoms with Gasteiger partial charge >= 0.3 is 0 Å². The van der Waals surface area contributed by atoms with Crippen LogP contribution in [0.25, 0.3) is 0 Å². The maximum atomic E-state index is 12.2. The lowest BCUT2D eigenvalue weighted by Crippen LogP contribution is -2.22. The van der Waals surface area contributed by atoms with Gasteiger partial charge in [0.05, 0.1) is 24.1 Å². The number of carbonyl (C=O) groups excluding carboxylic acids is 1. The van der Waals surface area contributed by atoms with Crippen LogP contribution in [0.5, 0.6) is 5.75 Å². The van der Waals surface area contributed by atoms with Gasteiger partial charge in [-0.15, -0.1) is 0 Å². The highest BCUT2D eigenvalue weighted by Gasteiger charge is 2.11. The lowest BCUT2D eigenvalue weighted by molar-refractivity contribution is 0.0951. The summed E-state index contributed by atoms with van der Waals surface area (Å²) in [6.07, 6.45) is 1.03. The van der Waals surface area contributed by atoms with Crippen LogP contribution in [-0.4, -0.2) is 27.7 Å². The zero-order valence-electron chi connectivity index (χ0n) is 13.2. The highest BCUT2D eigenvalue weighted by molar-refractivity contribution is 7.92. The number of carbonyl (C=O) groups is 1. The van der Waals surface area contributed by atoms with Gasteiger partial charge in [-0.05, 0) is 35.9 Å². The first-order valence-corrected chi connectivity index (χ1v) is 9.24. The van der Waals surface area contributed by atoms with Gasteiger partial charge in [-0.1, -0.05) is 23.7 Å². The molecule has 0 aliphatic heterocycles. The van der Waals surface area contributed by atoms with Gasteiger partial charge in [0.25, 0.3) is 5.91 Å². The molecule has 0 aliphatic rings. The first kappa shape index (κ1) is 18.1. The van der Waals surface area contributed by atoms with E-state index in [-0.39, 0.29) is 16.6 Å². The lowest BCUT2D eigenvalue weighted by Gasteiger charge is -2.09. The molecule has 6 nitrogen and oxygen atoms in total. The van der Waals surface area contributed by atoms with Crippen molar-refractivity contribution in [2.45, 2.75) is 6.54 Å². The van der Waals surface area contributed by atoms with Crippen molar-refractivity contribution in [3.63, 3.8) is 0 Å². The topological polar surface area (TPSA) is 84.5 Å². The number of hydrogen-bond donors (Lipinski definition) is 2. The van der Waals surface area contributed by atoms with Crippen molar-refractivity contribution < 1.29 is 17.9 Å². The van der Waals surface area contributed by atoms with Crippen molar-refractivity contribution in [1.29, 1.82) is 0 Å². The van der Waals surface area contributed by atoms with Gasteiger partial charge < -0.3 is 10.1 Å². The second-order valence-electron chi connectivity index (χ2n) is 5.10. The molecule has 2 N–H and O–H groups in total. The fourth-order valence-corrected chi connectivity index (χ4v) is 2.83. The minimum Gasteiger partial charge on any atom is -0.497 e. The molecule has 0 atom stereocenters. The highest BCUT2D eigenvalue weighted by atomic mass is 35.5. The zero-order chi connectivity index (χ0) is 17.7. The molecule has 0 unspecified atom stereocenters. The molecule has 1 amide bonds. The van der Waals surface area contributed by atoms with Gasteiger partial charge in [0.1, 0.15) is 5.75 Å². The van der Waals surface area contributed by atoms with E-state index in [4.69, 9.17) is 16.3 Å². The number of methoxy groups -OCH3 is 1. The first-order chi connectivity index (χ1) is 11.3. The van der Waals surface area contributed by atoms with Crippen LogP contribution in [0.4, 0.5) is 5.69 Å². The van der Waals surface area contributed by atoms with Gasteiger partial charge in [-0.3, -0.25) is 9.52 Å². The minimum atomic E-state index is -3.43. The lowest BCUT2D eigenvalue weighted by atomic mass is 10.1. The Morgan fingerprint density at radius 1 is 1.17 bits per heavy atom.